The second-order valence-electron chi connectivity index (χ2n) is 3.95. The molecule has 0 N–H and O–H groups in total. The van der Waals surface area contributed by atoms with Gasteiger partial charge < -0.3 is 14.2 Å². The highest BCUT2D eigenvalue weighted by molar-refractivity contribution is 6.11. The van der Waals surface area contributed by atoms with Crippen molar-refractivity contribution < 1.29 is 14.2 Å². The van der Waals surface area contributed by atoms with E-state index in [9.17, 15) is 0 Å². The van der Waals surface area contributed by atoms with Crippen molar-refractivity contribution >= 4 is 7.85 Å². The van der Waals surface area contributed by atoms with Gasteiger partial charge in [0.05, 0.1) is 12.7 Å². The smallest absolute Gasteiger partial charge is 0.117 e. The summed E-state index contributed by atoms with van der Waals surface area (Å²) in [6, 6.07) is -0.255. The maximum absolute atomic E-state index is 5.87. The topological polar surface area (TPSA) is 27.7 Å². The third-order valence-electron chi connectivity index (χ3n) is 3.13. The van der Waals surface area contributed by atoms with Crippen LogP contribution in [0.15, 0.2) is 0 Å². The lowest BCUT2D eigenvalue weighted by atomic mass is 9.82. The highest BCUT2D eigenvalue weighted by atomic mass is 16.6. The molecule has 1 fully saturated rings. The molecule has 0 saturated carbocycles. The number of hydrogen-bond donors (Lipinski definition) is 0. The van der Waals surface area contributed by atoms with Crippen molar-refractivity contribution in [3.05, 3.63) is 0 Å². The summed E-state index contributed by atoms with van der Waals surface area (Å²) in [5.74, 6) is 0.204. The van der Waals surface area contributed by atoms with Crippen molar-refractivity contribution in [3.63, 3.8) is 0 Å². The Labute approximate surface area is 87.5 Å². The van der Waals surface area contributed by atoms with Crippen LogP contribution in [0, 0.1) is 5.92 Å². The van der Waals surface area contributed by atoms with Crippen LogP contribution in [0.1, 0.15) is 20.3 Å². The van der Waals surface area contributed by atoms with E-state index in [1.165, 1.54) is 0 Å². The lowest BCUT2D eigenvalue weighted by molar-refractivity contribution is -0.118. The average molecular weight is 198 g/mol. The summed E-state index contributed by atoms with van der Waals surface area (Å²) in [5, 5.41) is 0. The van der Waals surface area contributed by atoms with E-state index >= 15 is 0 Å². The van der Waals surface area contributed by atoms with E-state index < -0.39 is 0 Å². The second-order valence-corrected chi connectivity index (χ2v) is 3.95. The standard InChI is InChI=1S/C10H19BO3/c1-5-10(6-12-3)8(13-4)7(2)9(11)14-10/h7-9H,5-6H2,1-4H3/t7?,8?,9-,10-/m1/s1. The van der Waals surface area contributed by atoms with Crippen LogP contribution in [-0.2, 0) is 14.2 Å². The maximum Gasteiger partial charge on any atom is 0.117 e. The summed E-state index contributed by atoms with van der Waals surface area (Å²) < 4.78 is 16.4. The summed E-state index contributed by atoms with van der Waals surface area (Å²) in [6.45, 7) is 4.64. The summed E-state index contributed by atoms with van der Waals surface area (Å²) >= 11 is 0. The lowest BCUT2D eigenvalue weighted by Crippen LogP contribution is -2.45. The Morgan fingerprint density at radius 1 is 1.43 bits per heavy atom. The molecule has 1 heterocycles. The van der Waals surface area contributed by atoms with Crippen molar-refractivity contribution in [1.29, 1.82) is 0 Å². The fourth-order valence-corrected chi connectivity index (χ4v) is 2.27. The minimum Gasteiger partial charge on any atom is -0.382 e. The summed E-state index contributed by atoms with van der Waals surface area (Å²) in [7, 11) is 9.23. The van der Waals surface area contributed by atoms with E-state index in [1.807, 2.05) is 6.92 Å². The summed E-state index contributed by atoms with van der Waals surface area (Å²) in [6.07, 6.45) is 0.861. The highest BCUT2D eigenvalue weighted by Crippen LogP contribution is 2.38. The zero-order chi connectivity index (χ0) is 10.8. The first-order valence-corrected chi connectivity index (χ1v) is 5.06. The predicted molar refractivity (Wildman–Crippen MR) is 55.5 cm³/mol. The summed E-state index contributed by atoms with van der Waals surface area (Å²) in [5.41, 5.74) is -0.373. The molecular formula is C10H19BO3. The largest absolute Gasteiger partial charge is 0.382 e. The SMILES string of the molecule is [B][C@@H]1O[C@](CC)(COC)C(OC)C1C. The molecule has 4 heteroatoms. The molecule has 3 nitrogen and oxygen atoms in total. The molecule has 0 spiro atoms. The van der Waals surface area contributed by atoms with Gasteiger partial charge in [-0.2, -0.15) is 0 Å². The third-order valence-corrected chi connectivity index (χ3v) is 3.13. The fraction of sp³-hybridized carbons (Fsp3) is 1.00. The minimum absolute atomic E-state index is 0.0162. The molecule has 1 rings (SSSR count). The van der Waals surface area contributed by atoms with Crippen LogP contribution in [-0.4, -0.2) is 46.4 Å². The van der Waals surface area contributed by atoms with E-state index in [1.54, 1.807) is 14.2 Å². The van der Waals surface area contributed by atoms with E-state index in [2.05, 4.69) is 6.92 Å². The first-order valence-electron chi connectivity index (χ1n) is 5.06. The minimum atomic E-state index is -0.373. The molecule has 0 aromatic carbocycles. The monoisotopic (exact) mass is 198 g/mol. The van der Waals surface area contributed by atoms with Crippen molar-refractivity contribution in [2.45, 2.75) is 38.0 Å². The van der Waals surface area contributed by atoms with Gasteiger partial charge in [-0.15, -0.1) is 0 Å². The Bertz CT molecular complexity index is 188. The highest BCUT2D eigenvalue weighted by Gasteiger charge is 2.50. The Morgan fingerprint density at radius 3 is 2.50 bits per heavy atom. The first-order chi connectivity index (χ1) is 6.61. The molecule has 1 saturated heterocycles. The van der Waals surface area contributed by atoms with Gasteiger partial charge in [0.2, 0.25) is 0 Å². The van der Waals surface area contributed by atoms with Gasteiger partial charge in [-0.1, -0.05) is 13.8 Å². The molecule has 0 aliphatic carbocycles. The Kier molecular flexibility index (Phi) is 3.99. The average Bonchev–Trinajstić information content (AvgIpc) is 2.40. The number of ether oxygens (including phenoxy) is 3. The first kappa shape index (κ1) is 12.0. The summed E-state index contributed by atoms with van der Waals surface area (Å²) in [4.78, 5) is 0. The van der Waals surface area contributed by atoms with E-state index in [-0.39, 0.29) is 23.6 Å². The van der Waals surface area contributed by atoms with Crippen LogP contribution in [0.4, 0.5) is 0 Å². The Balaban J connectivity index is 2.83. The quantitative estimate of drug-likeness (QED) is 0.629. The predicted octanol–water partition coefficient (Wildman–Crippen LogP) is 0.957. The molecule has 14 heavy (non-hydrogen) atoms. The molecule has 0 aromatic rings. The van der Waals surface area contributed by atoms with Gasteiger partial charge >= 0.3 is 0 Å². The van der Waals surface area contributed by atoms with Crippen LogP contribution in [0.5, 0.6) is 0 Å². The molecule has 80 valence electrons. The van der Waals surface area contributed by atoms with Gasteiger partial charge in [0.25, 0.3) is 0 Å². The van der Waals surface area contributed by atoms with E-state index in [4.69, 9.17) is 22.1 Å². The van der Waals surface area contributed by atoms with Crippen molar-refractivity contribution in [2.24, 2.45) is 5.92 Å². The van der Waals surface area contributed by atoms with Crippen LogP contribution >= 0.6 is 0 Å². The van der Waals surface area contributed by atoms with Crippen LogP contribution < -0.4 is 0 Å². The molecule has 2 radical (unpaired) electrons. The van der Waals surface area contributed by atoms with Crippen molar-refractivity contribution in [2.75, 3.05) is 20.8 Å². The number of hydrogen-bond acceptors (Lipinski definition) is 3. The number of methoxy groups -OCH3 is 2. The molecule has 2 unspecified atom stereocenters. The van der Waals surface area contributed by atoms with E-state index in [0.29, 0.717) is 6.61 Å². The van der Waals surface area contributed by atoms with Gasteiger partial charge in [-0.25, -0.2) is 0 Å². The molecule has 0 amide bonds. The van der Waals surface area contributed by atoms with Crippen LogP contribution in [0.25, 0.3) is 0 Å². The molecule has 4 atom stereocenters. The van der Waals surface area contributed by atoms with Crippen LogP contribution in [0.3, 0.4) is 0 Å². The molecule has 1 aliphatic heterocycles. The Morgan fingerprint density at radius 2 is 2.07 bits per heavy atom. The van der Waals surface area contributed by atoms with Gasteiger partial charge in [-0.05, 0) is 6.42 Å². The van der Waals surface area contributed by atoms with Gasteiger partial charge in [-0.3, -0.25) is 0 Å². The zero-order valence-corrected chi connectivity index (χ0v) is 9.45. The van der Waals surface area contributed by atoms with Crippen molar-refractivity contribution in [1.82, 2.24) is 0 Å². The molecule has 0 aromatic heterocycles. The molecule has 0 bridgehead atoms. The van der Waals surface area contributed by atoms with Crippen LogP contribution in [0.2, 0.25) is 0 Å². The number of rotatable bonds is 4. The third kappa shape index (κ3) is 1.83. The maximum atomic E-state index is 5.87. The fourth-order valence-electron chi connectivity index (χ4n) is 2.27. The molecule has 1 aliphatic rings. The molecular weight excluding hydrogens is 179 g/mol. The zero-order valence-electron chi connectivity index (χ0n) is 9.45. The van der Waals surface area contributed by atoms with Gasteiger partial charge in [0.1, 0.15) is 13.4 Å². The van der Waals surface area contributed by atoms with Gasteiger partial charge in [0.15, 0.2) is 0 Å². The second kappa shape index (κ2) is 4.64. The normalized spacial score (nSPS) is 43.0. The van der Waals surface area contributed by atoms with Crippen molar-refractivity contribution in [3.8, 4) is 0 Å². The lowest BCUT2D eigenvalue weighted by Gasteiger charge is -2.32. The Hall–Kier alpha value is -0.0551. The van der Waals surface area contributed by atoms with E-state index in [0.717, 1.165) is 6.42 Å². The van der Waals surface area contributed by atoms with Gasteiger partial charge in [0, 0.05) is 26.1 Å².